The van der Waals surface area contributed by atoms with Gasteiger partial charge in [-0.1, -0.05) is 62.4 Å². The van der Waals surface area contributed by atoms with Crippen molar-refractivity contribution in [2.45, 2.75) is 46.1 Å². The van der Waals surface area contributed by atoms with Crippen LogP contribution in [0.3, 0.4) is 0 Å². The van der Waals surface area contributed by atoms with Gasteiger partial charge in [-0.25, -0.2) is 0 Å². The summed E-state index contributed by atoms with van der Waals surface area (Å²) < 4.78 is 5.84. The summed E-state index contributed by atoms with van der Waals surface area (Å²) in [6, 6.07) is 14.2. The number of ether oxygens (including phenoxy) is 1. The van der Waals surface area contributed by atoms with Crippen LogP contribution in [0.25, 0.3) is 6.08 Å². The van der Waals surface area contributed by atoms with E-state index in [9.17, 15) is 15.8 Å². The van der Waals surface area contributed by atoms with E-state index in [1.807, 2.05) is 52.2 Å². The maximum atomic E-state index is 9.72. The molecular weight excluding hydrogens is 444 g/mol. The highest BCUT2D eigenvalue weighted by molar-refractivity contribution is 5.61. The number of hydrogen-bond acceptors (Lipinski definition) is 5. The van der Waals surface area contributed by atoms with E-state index >= 15 is 0 Å². The second-order valence-electron chi connectivity index (χ2n) is 10.6. The van der Waals surface area contributed by atoms with Crippen molar-refractivity contribution >= 4 is 11.8 Å². The van der Waals surface area contributed by atoms with E-state index in [0.29, 0.717) is 5.57 Å². The van der Waals surface area contributed by atoms with E-state index in [4.69, 9.17) is 4.74 Å². The number of rotatable bonds is 5. The van der Waals surface area contributed by atoms with Gasteiger partial charge in [0, 0.05) is 25.4 Å². The first-order chi connectivity index (χ1) is 17.0. The molecular formula is C31H32N4O. The van der Waals surface area contributed by atoms with E-state index in [0.717, 1.165) is 18.4 Å². The van der Waals surface area contributed by atoms with Gasteiger partial charge in [-0.2, -0.15) is 15.8 Å². The molecule has 1 heterocycles. The minimum atomic E-state index is -0.813. The smallest absolute Gasteiger partial charge is 0.172 e. The van der Waals surface area contributed by atoms with Gasteiger partial charge in [0.25, 0.3) is 0 Å². The predicted octanol–water partition coefficient (Wildman–Crippen LogP) is 6.93. The quantitative estimate of drug-likeness (QED) is 0.430. The molecule has 1 aromatic carbocycles. The van der Waals surface area contributed by atoms with Gasteiger partial charge in [0.2, 0.25) is 0 Å². The molecule has 0 amide bonds. The fraction of sp³-hybridized carbons (Fsp3) is 0.323. The minimum Gasteiger partial charge on any atom is -0.480 e. The Labute approximate surface area is 214 Å². The second kappa shape index (κ2) is 10.6. The highest BCUT2D eigenvalue weighted by Gasteiger charge is 2.38. The third-order valence-electron chi connectivity index (χ3n) is 6.27. The number of hydrogen-bond donors (Lipinski definition) is 0. The van der Waals surface area contributed by atoms with Crippen molar-refractivity contribution in [3.05, 3.63) is 93.8 Å². The minimum absolute atomic E-state index is 0.0598. The molecule has 5 heteroatoms. The molecule has 0 bridgehead atoms. The lowest BCUT2D eigenvalue weighted by Crippen LogP contribution is -2.20. The Morgan fingerprint density at radius 1 is 0.944 bits per heavy atom. The van der Waals surface area contributed by atoms with Crippen molar-refractivity contribution in [1.29, 1.82) is 15.8 Å². The third kappa shape index (κ3) is 6.04. The molecule has 0 saturated heterocycles. The standard InChI is InChI=1S/C31H32N4O/c1-30(2)17-23(16-24(18-30)11-10-22-12-14-26(15-13-22)35(5)6)8-7-9-28-27(21-34)29(25(19-32)20-33)36-31(28,3)4/h7-16H,17-18H2,1-6H3/b9-7+,11-10+,23-8-. The number of benzene rings is 1. The van der Waals surface area contributed by atoms with Gasteiger partial charge in [0.1, 0.15) is 29.4 Å². The van der Waals surface area contributed by atoms with Gasteiger partial charge >= 0.3 is 0 Å². The first-order valence-corrected chi connectivity index (χ1v) is 11.9. The van der Waals surface area contributed by atoms with Crippen molar-refractivity contribution < 1.29 is 4.74 Å². The Balaban J connectivity index is 1.89. The molecule has 3 rings (SSSR count). The van der Waals surface area contributed by atoms with E-state index < -0.39 is 5.60 Å². The zero-order chi connectivity index (χ0) is 26.5. The summed E-state index contributed by atoms with van der Waals surface area (Å²) in [5.74, 6) is 0.0598. The Hall–Kier alpha value is -4.27. The van der Waals surface area contributed by atoms with Crippen LogP contribution in [0.5, 0.6) is 0 Å². The fourth-order valence-electron chi connectivity index (χ4n) is 4.56. The largest absolute Gasteiger partial charge is 0.480 e. The molecule has 0 fully saturated rings. The maximum Gasteiger partial charge on any atom is 0.172 e. The van der Waals surface area contributed by atoms with Gasteiger partial charge in [0.05, 0.1) is 0 Å². The lowest BCUT2D eigenvalue weighted by atomic mass is 9.75. The third-order valence-corrected chi connectivity index (χ3v) is 6.27. The molecule has 1 aliphatic carbocycles. The Morgan fingerprint density at radius 3 is 2.19 bits per heavy atom. The fourth-order valence-corrected chi connectivity index (χ4v) is 4.56. The molecule has 0 spiro atoms. The van der Waals surface area contributed by atoms with Crippen molar-refractivity contribution in [2.75, 3.05) is 19.0 Å². The molecule has 0 unspecified atom stereocenters. The van der Waals surface area contributed by atoms with Gasteiger partial charge in [-0.3, -0.25) is 0 Å². The highest BCUT2D eigenvalue weighted by Crippen LogP contribution is 2.41. The average Bonchev–Trinajstić information content (AvgIpc) is 3.07. The SMILES string of the molecule is CN(C)c1ccc(/C=C/C2=CC(=C/C=C/C3=C(C#N)C(=C(C#N)C#N)OC3(C)C)/CC(C)(C)C2)cc1. The molecule has 2 aliphatic rings. The van der Waals surface area contributed by atoms with Crippen LogP contribution in [0.1, 0.15) is 46.1 Å². The summed E-state index contributed by atoms with van der Waals surface area (Å²) in [5, 5.41) is 28.2. The molecule has 1 aromatic rings. The van der Waals surface area contributed by atoms with Crippen LogP contribution in [0, 0.1) is 39.4 Å². The summed E-state index contributed by atoms with van der Waals surface area (Å²) in [6.45, 7) is 8.19. The van der Waals surface area contributed by atoms with E-state index in [1.165, 1.54) is 16.8 Å². The number of nitrogens with zero attached hydrogens (tertiary/aromatic N) is 4. The second-order valence-corrected chi connectivity index (χ2v) is 10.6. The van der Waals surface area contributed by atoms with Crippen molar-refractivity contribution in [3.8, 4) is 18.2 Å². The van der Waals surface area contributed by atoms with Crippen molar-refractivity contribution in [3.63, 3.8) is 0 Å². The van der Waals surface area contributed by atoms with Crippen LogP contribution < -0.4 is 4.90 Å². The molecule has 0 radical (unpaired) electrons. The number of anilines is 1. The van der Waals surface area contributed by atoms with Crippen LogP contribution in [0.15, 0.2) is 88.3 Å². The van der Waals surface area contributed by atoms with Gasteiger partial charge in [0.15, 0.2) is 11.3 Å². The molecule has 182 valence electrons. The topological polar surface area (TPSA) is 83.8 Å². The average molecular weight is 477 g/mol. The van der Waals surface area contributed by atoms with Gasteiger partial charge in [-0.15, -0.1) is 0 Å². The zero-order valence-electron chi connectivity index (χ0n) is 21.9. The first-order valence-electron chi connectivity index (χ1n) is 11.9. The van der Waals surface area contributed by atoms with Crippen LogP contribution in [-0.2, 0) is 4.74 Å². The van der Waals surface area contributed by atoms with Gasteiger partial charge < -0.3 is 9.64 Å². The Bertz CT molecular complexity index is 1320. The molecule has 1 aliphatic heterocycles. The summed E-state index contributed by atoms with van der Waals surface area (Å²) in [4.78, 5) is 2.09. The first kappa shape index (κ1) is 26.3. The maximum absolute atomic E-state index is 9.72. The Kier molecular flexibility index (Phi) is 7.72. The molecule has 0 N–H and O–H groups in total. The highest BCUT2D eigenvalue weighted by atomic mass is 16.5. The van der Waals surface area contributed by atoms with Crippen LogP contribution in [0.4, 0.5) is 5.69 Å². The van der Waals surface area contributed by atoms with Crippen molar-refractivity contribution in [2.24, 2.45) is 5.41 Å². The lowest BCUT2D eigenvalue weighted by Gasteiger charge is -2.30. The monoisotopic (exact) mass is 476 g/mol. The van der Waals surface area contributed by atoms with E-state index in [2.05, 4.69) is 73.4 Å². The summed E-state index contributed by atoms with van der Waals surface area (Å²) in [5.41, 5.74) is 4.81. The van der Waals surface area contributed by atoms with E-state index in [1.54, 1.807) is 0 Å². The molecule has 0 saturated carbocycles. The zero-order valence-corrected chi connectivity index (χ0v) is 21.9. The summed E-state index contributed by atoms with van der Waals surface area (Å²) in [7, 11) is 4.07. The number of nitriles is 3. The van der Waals surface area contributed by atoms with Gasteiger partial charge in [-0.05, 0) is 60.9 Å². The normalized spacial score (nSPS) is 19.6. The molecule has 0 aromatic heterocycles. The van der Waals surface area contributed by atoms with E-state index in [-0.39, 0.29) is 22.3 Å². The molecule has 5 nitrogen and oxygen atoms in total. The summed E-state index contributed by atoms with van der Waals surface area (Å²) >= 11 is 0. The van der Waals surface area contributed by atoms with Crippen molar-refractivity contribution in [1.82, 2.24) is 0 Å². The van der Waals surface area contributed by atoms with Crippen LogP contribution >= 0.6 is 0 Å². The summed E-state index contributed by atoms with van der Waals surface area (Å²) in [6.07, 6.45) is 14.3. The van der Waals surface area contributed by atoms with Crippen LogP contribution in [0.2, 0.25) is 0 Å². The lowest BCUT2D eigenvalue weighted by molar-refractivity contribution is 0.0954. The Morgan fingerprint density at radius 2 is 1.61 bits per heavy atom. The van der Waals surface area contributed by atoms with Crippen LogP contribution in [-0.4, -0.2) is 19.7 Å². The predicted molar refractivity (Wildman–Crippen MR) is 144 cm³/mol. The number of allylic oxidation sites excluding steroid dienone is 8. The molecule has 36 heavy (non-hydrogen) atoms. The molecule has 0 atom stereocenters.